The van der Waals surface area contributed by atoms with Crippen molar-refractivity contribution in [1.29, 1.82) is 0 Å². The third-order valence-electron chi connectivity index (χ3n) is 6.16. The Morgan fingerprint density at radius 3 is 2.48 bits per heavy atom. The van der Waals surface area contributed by atoms with Gasteiger partial charge in [-0.3, -0.25) is 9.69 Å². The van der Waals surface area contributed by atoms with Gasteiger partial charge >= 0.3 is 0 Å². The van der Waals surface area contributed by atoms with Crippen molar-refractivity contribution in [3.8, 4) is 11.5 Å². The van der Waals surface area contributed by atoms with E-state index in [1.807, 2.05) is 18.2 Å². The Morgan fingerprint density at radius 2 is 1.77 bits per heavy atom. The molecule has 0 saturated carbocycles. The zero-order valence-electron chi connectivity index (χ0n) is 18.3. The number of aromatic amines is 1. The van der Waals surface area contributed by atoms with Crippen LogP contribution in [0.3, 0.4) is 0 Å². The van der Waals surface area contributed by atoms with Gasteiger partial charge in [0.1, 0.15) is 5.69 Å². The molecule has 6 heteroatoms. The van der Waals surface area contributed by atoms with Gasteiger partial charge in [0.15, 0.2) is 11.5 Å². The van der Waals surface area contributed by atoms with Gasteiger partial charge in [0.25, 0.3) is 5.91 Å². The predicted molar refractivity (Wildman–Crippen MR) is 123 cm³/mol. The van der Waals surface area contributed by atoms with Crippen molar-refractivity contribution < 1.29 is 14.3 Å². The average Bonchev–Trinajstić information content (AvgIpc) is 3.23. The Bertz CT molecular complexity index is 967. The highest BCUT2D eigenvalue weighted by Crippen LogP contribution is 2.32. The Hall–Kier alpha value is -2.99. The largest absolute Gasteiger partial charge is 0.493 e. The van der Waals surface area contributed by atoms with Gasteiger partial charge in [0.2, 0.25) is 0 Å². The van der Waals surface area contributed by atoms with Crippen molar-refractivity contribution in [2.75, 3.05) is 33.9 Å². The van der Waals surface area contributed by atoms with Gasteiger partial charge in [-0.05, 0) is 56.0 Å². The van der Waals surface area contributed by atoms with E-state index in [9.17, 15) is 4.79 Å². The molecule has 4 rings (SSSR count). The number of ether oxygens (including phenoxy) is 2. The number of H-pyrrole nitrogens is 1. The Morgan fingerprint density at radius 1 is 1.06 bits per heavy atom. The third kappa shape index (κ3) is 5.20. The first-order valence-electron chi connectivity index (χ1n) is 11.0. The van der Waals surface area contributed by atoms with Crippen LogP contribution in [0.2, 0.25) is 0 Å². The van der Waals surface area contributed by atoms with Crippen LogP contribution >= 0.6 is 0 Å². The lowest BCUT2D eigenvalue weighted by atomic mass is 9.93. The lowest BCUT2D eigenvalue weighted by molar-refractivity contribution is 0.0943. The molecule has 1 amide bonds. The molecule has 3 aromatic rings. The molecule has 0 aliphatic carbocycles. The zero-order valence-corrected chi connectivity index (χ0v) is 18.3. The minimum absolute atomic E-state index is 0.0735. The number of nitrogens with one attached hydrogen (secondary N) is 2. The zero-order chi connectivity index (χ0) is 21.6. The number of nitrogens with zero attached hydrogens (tertiary/aromatic N) is 1. The second-order valence-electron chi connectivity index (χ2n) is 8.23. The molecular formula is C25H31N3O3. The van der Waals surface area contributed by atoms with E-state index >= 15 is 0 Å². The van der Waals surface area contributed by atoms with Gasteiger partial charge in [0.05, 0.1) is 14.2 Å². The fourth-order valence-electron chi connectivity index (χ4n) is 4.34. The highest BCUT2D eigenvalue weighted by Gasteiger charge is 2.19. The number of methoxy groups -OCH3 is 2. The molecule has 1 aromatic heterocycles. The molecule has 2 N–H and O–H groups in total. The van der Waals surface area contributed by atoms with Crippen LogP contribution in [0.4, 0.5) is 0 Å². The number of hydrogen-bond acceptors (Lipinski definition) is 4. The highest BCUT2D eigenvalue weighted by atomic mass is 16.5. The molecule has 0 unspecified atom stereocenters. The van der Waals surface area contributed by atoms with E-state index in [4.69, 9.17) is 9.47 Å². The van der Waals surface area contributed by atoms with Gasteiger partial charge in [-0.2, -0.15) is 0 Å². The van der Waals surface area contributed by atoms with Crippen LogP contribution in [0.5, 0.6) is 11.5 Å². The van der Waals surface area contributed by atoms with Crippen LogP contribution < -0.4 is 14.8 Å². The van der Waals surface area contributed by atoms with Crippen molar-refractivity contribution in [2.24, 2.45) is 5.92 Å². The normalized spacial score (nSPS) is 15.2. The quantitative estimate of drug-likeness (QED) is 0.572. The summed E-state index contributed by atoms with van der Waals surface area (Å²) in [4.78, 5) is 18.3. The molecule has 31 heavy (non-hydrogen) atoms. The summed E-state index contributed by atoms with van der Waals surface area (Å²) in [6, 6.07) is 16.2. The average molecular weight is 422 g/mol. The van der Waals surface area contributed by atoms with E-state index in [2.05, 4.69) is 45.5 Å². The molecule has 0 spiro atoms. The molecule has 1 fully saturated rings. The number of fused-ring (bicyclic) bond motifs is 1. The van der Waals surface area contributed by atoms with Crippen LogP contribution in [0, 0.1) is 5.92 Å². The lowest BCUT2D eigenvalue weighted by Crippen LogP contribution is -2.34. The predicted octanol–water partition coefficient (Wildman–Crippen LogP) is 4.22. The number of amides is 1. The summed E-state index contributed by atoms with van der Waals surface area (Å²) in [6.07, 6.45) is 3.40. The van der Waals surface area contributed by atoms with E-state index in [1.165, 1.54) is 18.4 Å². The summed E-state index contributed by atoms with van der Waals surface area (Å²) in [5.74, 6) is 1.89. The van der Waals surface area contributed by atoms with Crippen molar-refractivity contribution in [1.82, 2.24) is 15.2 Å². The molecule has 6 nitrogen and oxygen atoms in total. The van der Waals surface area contributed by atoms with Crippen molar-refractivity contribution in [3.05, 3.63) is 59.8 Å². The van der Waals surface area contributed by atoms with E-state index in [0.717, 1.165) is 37.0 Å². The summed E-state index contributed by atoms with van der Waals surface area (Å²) in [6.45, 7) is 3.98. The minimum atomic E-state index is -0.0735. The smallest absolute Gasteiger partial charge is 0.267 e. The van der Waals surface area contributed by atoms with Crippen LogP contribution in [0.1, 0.15) is 35.3 Å². The summed E-state index contributed by atoms with van der Waals surface area (Å²) < 4.78 is 10.7. The first kappa shape index (κ1) is 21.2. The number of piperidine rings is 1. The SMILES string of the molecule is COc1cc2cc(C(=O)NCCC3CCN(Cc4ccccc4)CC3)[nH]c2cc1OC. The van der Waals surface area contributed by atoms with E-state index in [0.29, 0.717) is 29.7 Å². The molecule has 1 aliphatic rings. The molecule has 0 radical (unpaired) electrons. The second-order valence-corrected chi connectivity index (χ2v) is 8.23. The topological polar surface area (TPSA) is 66.6 Å². The number of aromatic nitrogens is 1. The van der Waals surface area contributed by atoms with E-state index in [1.54, 1.807) is 14.2 Å². The molecule has 2 heterocycles. The van der Waals surface area contributed by atoms with Gasteiger partial charge in [-0.1, -0.05) is 30.3 Å². The number of likely N-dealkylation sites (tertiary alicyclic amines) is 1. The minimum Gasteiger partial charge on any atom is -0.493 e. The van der Waals surface area contributed by atoms with Gasteiger partial charge in [-0.15, -0.1) is 0 Å². The molecule has 1 aliphatic heterocycles. The maximum absolute atomic E-state index is 12.6. The molecule has 2 aromatic carbocycles. The molecular weight excluding hydrogens is 390 g/mol. The first-order chi connectivity index (χ1) is 15.2. The molecule has 1 saturated heterocycles. The van der Waals surface area contributed by atoms with Crippen LogP contribution in [0.15, 0.2) is 48.5 Å². The number of rotatable bonds is 8. The number of hydrogen-bond donors (Lipinski definition) is 2. The second kappa shape index (κ2) is 9.88. The maximum Gasteiger partial charge on any atom is 0.267 e. The molecule has 0 bridgehead atoms. The van der Waals surface area contributed by atoms with Crippen molar-refractivity contribution >= 4 is 16.8 Å². The number of carbonyl (C=O) groups excluding carboxylic acids is 1. The van der Waals surface area contributed by atoms with E-state index < -0.39 is 0 Å². The third-order valence-corrected chi connectivity index (χ3v) is 6.16. The fourth-order valence-corrected chi connectivity index (χ4v) is 4.34. The summed E-state index contributed by atoms with van der Waals surface area (Å²) in [7, 11) is 3.21. The molecule has 0 atom stereocenters. The number of benzene rings is 2. The van der Waals surface area contributed by atoms with Crippen LogP contribution in [-0.2, 0) is 6.54 Å². The van der Waals surface area contributed by atoms with Crippen LogP contribution in [-0.4, -0.2) is 49.6 Å². The van der Waals surface area contributed by atoms with Crippen LogP contribution in [0.25, 0.3) is 10.9 Å². The highest BCUT2D eigenvalue weighted by molar-refractivity contribution is 5.98. The summed E-state index contributed by atoms with van der Waals surface area (Å²) >= 11 is 0. The Kier molecular flexibility index (Phi) is 6.77. The Balaban J connectivity index is 1.24. The maximum atomic E-state index is 12.6. The van der Waals surface area contributed by atoms with Crippen molar-refractivity contribution in [3.63, 3.8) is 0 Å². The standard InChI is InChI=1S/C25H31N3O3/c1-30-23-15-20-14-22(27-21(20)16-24(23)31-2)25(29)26-11-8-18-9-12-28(13-10-18)17-19-6-4-3-5-7-19/h3-7,14-16,18,27H,8-13,17H2,1-2H3,(H,26,29). The van der Waals surface area contributed by atoms with Crippen molar-refractivity contribution in [2.45, 2.75) is 25.8 Å². The van der Waals surface area contributed by atoms with E-state index in [-0.39, 0.29) is 5.91 Å². The number of carbonyl (C=O) groups is 1. The summed E-state index contributed by atoms with van der Waals surface area (Å²) in [5, 5.41) is 3.99. The van der Waals surface area contributed by atoms with Gasteiger partial charge in [0, 0.05) is 30.1 Å². The van der Waals surface area contributed by atoms with Gasteiger partial charge < -0.3 is 19.8 Å². The monoisotopic (exact) mass is 421 g/mol. The lowest BCUT2D eigenvalue weighted by Gasteiger charge is -2.32. The summed E-state index contributed by atoms with van der Waals surface area (Å²) in [5.41, 5.74) is 2.79. The Labute approximate surface area is 183 Å². The van der Waals surface area contributed by atoms with Gasteiger partial charge in [-0.25, -0.2) is 0 Å². The first-order valence-corrected chi connectivity index (χ1v) is 11.0. The fraction of sp³-hybridized carbons (Fsp3) is 0.400. The molecule has 164 valence electrons.